The Bertz CT molecular complexity index is 2370. The molecule has 0 radical (unpaired) electrons. The van der Waals surface area contributed by atoms with Crippen molar-refractivity contribution >= 4 is 55.9 Å². The van der Waals surface area contributed by atoms with Crippen molar-refractivity contribution in [2.75, 3.05) is 15.6 Å². The van der Waals surface area contributed by atoms with E-state index in [9.17, 15) is 10.2 Å². The summed E-state index contributed by atoms with van der Waals surface area (Å²) >= 11 is 0. The predicted octanol–water partition coefficient (Wildman–Crippen LogP) is 10.1. The first kappa shape index (κ1) is 28.4. The summed E-state index contributed by atoms with van der Waals surface area (Å²) in [5, 5.41) is 23.2. The van der Waals surface area contributed by atoms with Gasteiger partial charge in [0, 0.05) is 33.0 Å². The molecule has 2 aliphatic heterocycles. The second kappa shape index (κ2) is 9.58. The van der Waals surface area contributed by atoms with Gasteiger partial charge in [0.2, 0.25) is 0 Å². The molecule has 0 aliphatic carbocycles. The zero-order valence-electron chi connectivity index (χ0n) is 27.4. The standard InChI is InChI=1S/C42H36N4O2/c1-41(2)31-9-5-7-11-37(31)44(38-12-8-6-10-32(38)41)25-13-17-35-29(21-25)30-22-26(14-18-36(30)46(35)43)45-39-19-15-27(47)23-33(39)42(3,4)34-24-28(48)16-20-40(34)45/h5-24,47-48H,43H2,1-4H3. The second-order valence-electron chi connectivity index (χ2n) is 14.1. The first-order valence-corrected chi connectivity index (χ1v) is 16.4. The zero-order valence-corrected chi connectivity index (χ0v) is 27.4. The van der Waals surface area contributed by atoms with E-state index in [0.29, 0.717) is 0 Å². The minimum Gasteiger partial charge on any atom is -0.508 e. The molecule has 6 nitrogen and oxygen atoms in total. The summed E-state index contributed by atoms with van der Waals surface area (Å²) in [5.74, 6) is 7.20. The molecule has 0 atom stereocenters. The molecule has 6 aromatic carbocycles. The van der Waals surface area contributed by atoms with Crippen LogP contribution in [-0.2, 0) is 10.8 Å². The molecule has 7 aromatic rings. The molecule has 236 valence electrons. The number of hydrogen-bond donors (Lipinski definition) is 3. The average molecular weight is 629 g/mol. The van der Waals surface area contributed by atoms with E-state index in [1.165, 1.54) is 22.5 Å². The highest BCUT2D eigenvalue weighted by molar-refractivity contribution is 6.11. The molecule has 0 amide bonds. The third kappa shape index (κ3) is 3.74. The van der Waals surface area contributed by atoms with Crippen LogP contribution in [0.15, 0.2) is 121 Å². The molecular formula is C42H36N4O2. The molecular weight excluding hydrogens is 592 g/mol. The van der Waals surface area contributed by atoms with Gasteiger partial charge in [-0.05, 0) is 107 Å². The van der Waals surface area contributed by atoms with Gasteiger partial charge in [-0.2, -0.15) is 0 Å². The smallest absolute Gasteiger partial charge is 0.116 e. The van der Waals surface area contributed by atoms with E-state index < -0.39 is 5.41 Å². The maximum Gasteiger partial charge on any atom is 0.116 e. The van der Waals surface area contributed by atoms with Gasteiger partial charge in [-0.15, -0.1) is 0 Å². The highest BCUT2D eigenvalue weighted by atomic mass is 16.3. The summed E-state index contributed by atoms with van der Waals surface area (Å²) < 4.78 is 1.77. The fourth-order valence-electron chi connectivity index (χ4n) is 8.25. The van der Waals surface area contributed by atoms with Gasteiger partial charge in [-0.1, -0.05) is 64.1 Å². The summed E-state index contributed by atoms with van der Waals surface area (Å²) in [6.07, 6.45) is 0. The normalized spacial score (nSPS) is 15.6. The third-order valence-corrected chi connectivity index (χ3v) is 10.7. The van der Waals surface area contributed by atoms with Crippen LogP contribution in [-0.4, -0.2) is 14.9 Å². The van der Waals surface area contributed by atoms with Gasteiger partial charge < -0.3 is 25.9 Å². The number of nitrogens with zero attached hydrogens (tertiary/aromatic N) is 3. The fraction of sp³-hybridized carbons (Fsp3) is 0.143. The highest BCUT2D eigenvalue weighted by Gasteiger charge is 2.38. The third-order valence-electron chi connectivity index (χ3n) is 10.7. The Morgan fingerprint density at radius 3 is 1.31 bits per heavy atom. The number of nitrogen functional groups attached to an aromatic ring is 1. The summed E-state index contributed by atoms with van der Waals surface area (Å²) in [6.45, 7) is 8.86. The van der Waals surface area contributed by atoms with Gasteiger partial charge in [0.1, 0.15) is 11.5 Å². The number of fused-ring (bicyclic) bond motifs is 7. The summed E-state index contributed by atoms with van der Waals surface area (Å²) in [5.41, 5.74) is 12.2. The number of anilines is 6. The quantitative estimate of drug-likeness (QED) is 0.166. The minimum atomic E-state index is -0.444. The van der Waals surface area contributed by atoms with Crippen LogP contribution in [0.5, 0.6) is 11.5 Å². The molecule has 4 N–H and O–H groups in total. The fourth-order valence-corrected chi connectivity index (χ4v) is 8.25. The van der Waals surface area contributed by atoms with E-state index in [4.69, 9.17) is 5.84 Å². The number of phenols is 2. The largest absolute Gasteiger partial charge is 0.508 e. The van der Waals surface area contributed by atoms with Gasteiger partial charge in [0.05, 0.1) is 33.8 Å². The van der Waals surface area contributed by atoms with E-state index in [1.807, 2.05) is 24.3 Å². The molecule has 0 fully saturated rings. The van der Waals surface area contributed by atoms with Gasteiger partial charge in [0.15, 0.2) is 0 Å². The molecule has 6 heteroatoms. The number of aromatic nitrogens is 1. The number of benzene rings is 6. The number of phenolic OH excluding ortho intramolecular Hbond substituents is 2. The number of nitrogens with two attached hydrogens (primary N) is 1. The zero-order chi connectivity index (χ0) is 33.1. The number of hydrogen-bond acceptors (Lipinski definition) is 5. The molecule has 9 rings (SSSR count). The van der Waals surface area contributed by atoms with Gasteiger partial charge in [-0.3, -0.25) is 4.68 Å². The Balaban J connectivity index is 1.27. The molecule has 1 aromatic heterocycles. The topological polar surface area (TPSA) is 77.9 Å². The average Bonchev–Trinajstić information content (AvgIpc) is 3.36. The van der Waals surface area contributed by atoms with E-state index in [-0.39, 0.29) is 16.9 Å². The Morgan fingerprint density at radius 2 is 0.854 bits per heavy atom. The van der Waals surface area contributed by atoms with E-state index in [2.05, 4.69) is 122 Å². The number of rotatable bonds is 2. The van der Waals surface area contributed by atoms with Crippen molar-refractivity contribution < 1.29 is 10.2 Å². The molecule has 0 bridgehead atoms. The van der Waals surface area contributed by atoms with Gasteiger partial charge in [-0.25, -0.2) is 0 Å². The van der Waals surface area contributed by atoms with Crippen LogP contribution in [0, 0.1) is 0 Å². The number of para-hydroxylation sites is 2. The van der Waals surface area contributed by atoms with Crippen molar-refractivity contribution in [1.82, 2.24) is 4.68 Å². The molecule has 2 aliphatic rings. The van der Waals surface area contributed by atoms with Crippen LogP contribution in [0.25, 0.3) is 21.8 Å². The molecule has 48 heavy (non-hydrogen) atoms. The summed E-state index contributed by atoms with van der Waals surface area (Å²) in [7, 11) is 0. The minimum absolute atomic E-state index is 0.140. The first-order chi connectivity index (χ1) is 23.1. The van der Waals surface area contributed by atoms with Crippen molar-refractivity contribution in [3.63, 3.8) is 0 Å². The first-order valence-electron chi connectivity index (χ1n) is 16.4. The Labute approximate surface area is 279 Å². The van der Waals surface area contributed by atoms with E-state index in [1.54, 1.807) is 16.8 Å². The van der Waals surface area contributed by atoms with Gasteiger partial charge >= 0.3 is 0 Å². The van der Waals surface area contributed by atoms with E-state index >= 15 is 0 Å². The second-order valence-corrected chi connectivity index (χ2v) is 14.1. The summed E-state index contributed by atoms with van der Waals surface area (Å²) in [4.78, 5) is 4.59. The highest BCUT2D eigenvalue weighted by Crippen LogP contribution is 2.55. The van der Waals surface area contributed by atoms with Crippen molar-refractivity contribution in [1.29, 1.82) is 0 Å². The van der Waals surface area contributed by atoms with Crippen LogP contribution < -0.4 is 15.6 Å². The Kier molecular flexibility index (Phi) is 5.66. The van der Waals surface area contributed by atoms with Crippen molar-refractivity contribution in [2.45, 2.75) is 38.5 Å². The predicted molar refractivity (Wildman–Crippen MR) is 197 cm³/mol. The van der Waals surface area contributed by atoms with Crippen molar-refractivity contribution in [3.8, 4) is 11.5 Å². The lowest BCUT2D eigenvalue weighted by molar-refractivity contribution is 0.469. The molecule has 0 saturated carbocycles. The number of aromatic hydroxyl groups is 2. The van der Waals surface area contributed by atoms with Crippen LogP contribution in [0.2, 0.25) is 0 Å². The SMILES string of the molecule is CC1(C)c2ccccc2N(c2ccc3c(c2)c2cc(N4c5ccc(O)cc5C(C)(C)c5cc(O)ccc54)ccc2n3N)c2ccccc21. The van der Waals surface area contributed by atoms with Crippen LogP contribution in [0.3, 0.4) is 0 Å². The van der Waals surface area contributed by atoms with Crippen LogP contribution in [0.4, 0.5) is 34.1 Å². The summed E-state index contributed by atoms with van der Waals surface area (Å²) in [6, 6.07) is 41.4. The Morgan fingerprint density at radius 1 is 0.458 bits per heavy atom. The van der Waals surface area contributed by atoms with Gasteiger partial charge in [0.25, 0.3) is 0 Å². The molecule has 3 heterocycles. The lowest BCUT2D eigenvalue weighted by Crippen LogP contribution is -2.30. The lowest BCUT2D eigenvalue weighted by Gasteiger charge is -2.42. The maximum absolute atomic E-state index is 10.5. The Hall–Kier alpha value is -5.88. The van der Waals surface area contributed by atoms with Crippen LogP contribution in [0.1, 0.15) is 49.9 Å². The monoisotopic (exact) mass is 628 g/mol. The van der Waals surface area contributed by atoms with Crippen molar-refractivity contribution in [3.05, 3.63) is 144 Å². The molecule has 0 saturated heterocycles. The lowest BCUT2D eigenvalue weighted by atomic mass is 9.73. The molecule has 0 spiro atoms. The maximum atomic E-state index is 10.5. The molecule has 0 unspecified atom stereocenters. The van der Waals surface area contributed by atoms with E-state index in [0.717, 1.165) is 55.7 Å². The van der Waals surface area contributed by atoms with Crippen molar-refractivity contribution in [2.24, 2.45) is 0 Å². The van der Waals surface area contributed by atoms with Crippen LogP contribution >= 0.6 is 0 Å².